The molecular weight excluding hydrogens is 665 g/mol. The van der Waals surface area contributed by atoms with E-state index in [0.29, 0.717) is 0 Å². The van der Waals surface area contributed by atoms with Crippen LogP contribution in [0.5, 0.6) is 0 Å². The molecule has 4 nitrogen and oxygen atoms in total. The smallest absolute Gasteiger partial charge is 0.0699 e. The van der Waals surface area contributed by atoms with Gasteiger partial charge in [0.05, 0.1) is 11.3 Å². The predicted molar refractivity (Wildman–Crippen MR) is 154 cm³/mol. The average molecular weight is 686 g/mol. The number of fused-ring (bicyclic) bond motifs is 9. The largest absolute Gasteiger partial charge is 0.341 e. The summed E-state index contributed by atoms with van der Waals surface area (Å²) < 4.78 is 4.53. The Labute approximate surface area is 236 Å². The van der Waals surface area contributed by atoms with Gasteiger partial charge in [0.2, 0.25) is 0 Å². The molecule has 0 aliphatic heterocycles. The van der Waals surface area contributed by atoms with E-state index >= 15 is 0 Å². The van der Waals surface area contributed by atoms with E-state index in [0.717, 1.165) is 44.9 Å². The van der Waals surface area contributed by atoms with E-state index < -0.39 is 0 Å². The summed E-state index contributed by atoms with van der Waals surface area (Å²) in [5, 5.41) is 9.50. The maximum atomic E-state index is 5.18. The molecular formula is C32H21IrN4S-. The van der Waals surface area contributed by atoms with Crippen molar-refractivity contribution < 1.29 is 20.1 Å². The molecule has 0 amide bonds. The molecule has 5 aromatic heterocycles. The number of hydrogen-bond acceptors (Lipinski definition) is 3. The monoisotopic (exact) mass is 686 g/mol. The molecule has 185 valence electrons. The third-order valence-electron chi connectivity index (χ3n) is 7.40. The Balaban J connectivity index is 0.00000242. The van der Waals surface area contributed by atoms with Crippen LogP contribution in [0.1, 0.15) is 6.92 Å². The third-order valence-corrected chi connectivity index (χ3v) is 8.32. The maximum absolute atomic E-state index is 5.18. The van der Waals surface area contributed by atoms with Crippen LogP contribution in [-0.4, -0.2) is 18.9 Å². The minimum Gasteiger partial charge on any atom is -0.341 e. The van der Waals surface area contributed by atoms with E-state index in [4.69, 9.17) is 4.98 Å². The first-order valence-electron chi connectivity index (χ1n) is 12.5. The molecule has 5 heterocycles. The molecule has 3 aromatic carbocycles. The Morgan fingerprint density at radius 3 is 2.42 bits per heavy atom. The zero-order valence-electron chi connectivity index (χ0n) is 20.5. The number of pyridine rings is 2. The molecule has 0 bridgehead atoms. The molecule has 0 saturated carbocycles. The van der Waals surface area contributed by atoms with Crippen molar-refractivity contribution >= 4 is 60.5 Å². The Kier molecular flexibility index (Phi) is 5.45. The molecule has 0 aliphatic rings. The normalized spacial score (nSPS) is 11.7. The zero-order chi connectivity index (χ0) is 24.5. The van der Waals surface area contributed by atoms with Crippen LogP contribution in [-0.2, 0) is 26.7 Å². The van der Waals surface area contributed by atoms with Gasteiger partial charge in [-0.3, -0.25) is 21.3 Å². The van der Waals surface area contributed by atoms with E-state index in [9.17, 15) is 0 Å². The number of para-hydroxylation sites is 2. The Bertz CT molecular complexity index is 2150. The van der Waals surface area contributed by atoms with Crippen molar-refractivity contribution in [1.82, 2.24) is 18.9 Å². The van der Waals surface area contributed by atoms with Crippen molar-refractivity contribution in [1.29, 1.82) is 0 Å². The van der Waals surface area contributed by atoms with Crippen LogP contribution >= 0.6 is 11.3 Å². The fourth-order valence-corrected chi connectivity index (χ4v) is 6.70. The van der Waals surface area contributed by atoms with Crippen LogP contribution in [0.2, 0.25) is 0 Å². The Morgan fingerprint density at radius 2 is 1.55 bits per heavy atom. The molecule has 6 heteroatoms. The first-order valence-corrected chi connectivity index (χ1v) is 13.3. The molecule has 0 spiro atoms. The number of nitrogens with zero attached hydrogens (tertiary/aromatic N) is 4. The van der Waals surface area contributed by atoms with Crippen LogP contribution in [0.3, 0.4) is 0 Å². The summed E-state index contributed by atoms with van der Waals surface area (Å²) in [6.07, 6.45) is 3.88. The Hall–Kier alpha value is -3.83. The van der Waals surface area contributed by atoms with Crippen molar-refractivity contribution in [3.05, 3.63) is 103 Å². The van der Waals surface area contributed by atoms with Gasteiger partial charge in [0.25, 0.3) is 0 Å². The molecule has 0 N–H and O–H groups in total. The van der Waals surface area contributed by atoms with Gasteiger partial charge in [0.1, 0.15) is 0 Å². The zero-order valence-corrected chi connectivity index (χ0v) is 23.7. The molecule has 0 fully saturated rings. The summed E-state index contributed by atoms with van der Waals surface area (Å²) in [7, 11) is 0. The van der Waals surface area contributed by atoms with Crippen LogP contribution < -0.4 is 0 Å². The average Bonchev–Trinajstić information content (AvgIpc) is 3.69. The summed E-state index contributed by atoms with van der Waals surface area (Å²) in [6, 6.07) is 30.2. The van der Waals surface area contributed by atoms with E-state index in [1.54, 1.807) is 11.3 Å². The third kappa shape index (κ3) is 3.24. The van der Waals surface area contributed by atoms with Gasteiger partial charge in [-0.1, -0.05) is 64.2 Å². The second kappa shape index (κ2) is 8.88. The summed E-state index contributed by atoms with van der Waals surface area (Å²) in [5.74, 6) is 0. The maximum Gasteiger partial charge on any atom is 0.0699 e. The predicted octanol–water partition coefficient (Wildman–Crippen LogP) is 8.36. The van der Waals surface area contributed by atoms with E-state index in [-0.39, 0.29) is 20.1 Å². The second-order valence-corrected chi connectivity index (χ2v) is 10.1. The summed E-state index contributed by atoms with van der Waals surface area (Å²) in [6.45, 7) is 3.14. The number of thiophene rings is 1. The second-order valence-electron chi connectivity index (χ2n) is 9.32. The first-order chi connectivity index (χ1) is 18.3. The quantitative estimate of drug-likeness (QED) is 0.175. The SMILES string of the molecule is CCn1c2ccccc2c2cc(-c3cccc(-c4s[c-]c5c4c4ccccc4n4ccnc54)n3)ccc21.[Ir]. The van der Waals surface area contributed by atoms with Crippen molar-refractivity contribution in [3.8, 4) is 21.8 Å². The minimum absolute atomic E-state index is 0. The van der Waals surface area contributed by atoms with Gasteiger partial charge in [-0.25, -0.2) is 0 Å². The molecule has 0 atom stereocenters. The van der Waals surface area contributed by atoms with Crippen LogP contribution in [0, 0.1) is 5.38 Å². The van der Waals surface area contributed by atoms with Gasteiger partial charge >= 0.3 is 0 Å². The van der Waals surface area contributed by atoms with Crippen molar-refractivity contribution in [2.75, 3.05) is 0 Å². The van der Waals surface area contributed by atoms with Crippen LogP contribution in [0.15, 0.2) is 97.3 Å². The van der Waals surface area contributed by atoms with Crippen molar-refractivity contribution in [2.45, 2.75) is 13.5 Å². The van der Waals surface area contributed by atoms with Crippen LogP contribution in [0.4, 0.5) is 0 Å². The summed E-state index contributed by atoms with van der Waals surface area (Å²) in [5.41, 5.74) is 7.67. The summed E-state index contributed by atoms with van der Waals surface area (Å²) in [4.78, 5) is 11.0. The molecule has 8 aromatic rings. The molecule has 38 heavy (non-hydrogen) atoms. The number of imidazole rings is 1. The standard InChI is InChI=1S/C32H21N4S.Ir/c1-2-35-27-12-5-3-8-21(27)23-18-20(14-15-29(23)35)25-10-7-11-26(34-25)31-30-22-9-4-6-13-28(22)36-17-16-33-32(36)24(30)19-37-31;/h3-18H,2H2,1H3;/q-1;. The molecule has 8 rings (SSSR count). The van der Waals surface area contributed by atoms with Crippen molar-refractivity contribution in [2.24, 2.45) is 0 Å². The van der Waals surface area contributed by atoms with Crippen molar-refractivity contribution in [3.63, 3.8) is 0 Å². The fraction of sp³-hybridized carbons (Fsp3) is 0.0625. The minimum atomic E-state index is 0. The van der Waals surface area contributed by atoms with Gasteiger partial charge in [-0.15, -0.1) is 5.39 Å². The van der Waals surface area contributed by atoms with E-state index in [2.05, 4.69) is 111 Å². The fourth-order valence-electron chi connectivity index (χ4n) is 5.77. The molecule has 0 unspecified atom stereocenters. The molecule has 0 saturated heterocycles. The van der Waals surface area contributed by atoms with Gasteiger partial charge in [-0.2, -0.15) is 0 Å². The van der Waals surface area contributed by atoms with E-state index in [1.165, 1.54) is 32.6 Å². The molecule has 0 aliphatic carbocycles. The van der Waals surface area contributed by atoms with Gasteiger partial charge in [0.15, 0.2) is 0 Å². The van der Waals surface area contributed by atoms with Gasteiger partial charge < -0.3 is 8.97 Å². The van der Waals surface area contributed by atoms with E-state index in [1.807, 2.05) is 12.4 Å². The number of rotatable bonds is 3. The topological polar surface area (TPSA) is 35.1 Å². The Morgan fingerprint density at radius 1 is 0.789 bits per heavy atom. The molecule has 1 radical (unpaired) electrons. The van der Waals surface area contributed by atoms with Crippen LogP contribution in [0.25, 0.3) is 71.0 Å². The van der Waals surface area contributed by atoms with Gasteiger partial charge in [0, 0.05) is 77.6 Å². The summed E-state index contributed by atoms with van der Waals surface area (Å²) >= 11 is 1.62. The van der Waals surface area contributed by atoms with Gasteiger partial charge in [-0.05, 0) is 48.7 Å². The number of aryl methyl sites for hydroxylation is 1. The number of aromatic nitrogens is 4. The first kappa shape index (κ1) is 23.3. The number of benzene rings is 3. The number of hydrogen-bond donors (Lipinski definition) is 0.